The molecule has 1 aromatic carbocycles. The molecule has 0 spiro atoms. The number of halogens is 4. The number of hydrogen-bond donors (Lipinski definition) is 1. The van der Waals surface area contributed by atoms with Crippen LogP contribution in [0.1, 0.15) is 23.1 Å². The van der Waals surface area contributed by atoms with E-state index in [2.05, 4.69) is 27.1 Å². The van der Waals surface area contributed by atoms with Crippen LogP contribution in [0.2, 0.25) is 5.15 Å². The Kier molecular flexibility index (Phi) is 5.45. The Morgan fingerprint density at radius 3 is 2.70 bits per heavy atom. The third-order valence-corrected chi connectivity index (χ3v) is 3.40. The first-order valence-electron chi connectivity index (χ1n) is 6.75. The van der Waals surface area contributed by atoms with E-state index in [-0.39, 0.29) is 5.56 Å². The molecule has 1 aromatic heterocycles. The highest BCUT2D eigenvalue weighted by atomic mass is 35.5. The van der Waals surface area contributed by atoms with E-state index >= 15 is 0 Å². The van der Waals surface area contributed by atoms with Gasteiger partial charge in [0.05, 0.1) is 5.56 Å². The van der Waals surface area contributed by atoms with Crippen molar-refractivity contribution >= 4 is 17.4 Å². The zero-order valence-electron chi connectivity index (χ0n) is 12.2. The molecule has 1 N–H and O–H groups in total. The number of nitrogens with one attached hydrogen (secondary N) is 1. The first-order valence-corrected chi connectivity index (χ1v) is 7.13. The molecule has 0 fully saturated rings. The Bertz CT molecular complexity index is 748. The molecular formula is C16H13ClF3N3. The lowest BCUT2D eigenvalue weighted by Gasteiger charge is -2.08. The van der Waals surface area contributed by atoms with E-state index in [0.717, 1.165) is 6.07 Å². The first-order chi connectivity index (χ1) is 10.9. The topological polar surface area (TPSA) is 37.8 Å². The SMILES string of the molecule is Cc1c(Cl)ncnc1NCCC#Cc1ccccc1C(F)(F)F. The van der Waals surface area contributed by atoms with Gasteiger partial charge in [-0.25, -0.2) is 9.97 Å². The summed E-state index contributed by atoms with van der Waals surface area (Å²) in [4.78, 5) is 7.87. The minimum atomic E-state index is -4.40. The van der Waals surface area contributed by atoms with Crippen molar-refractivity contribution in [3.8, 4) is 11.8 Å². The minimum Gasteiger partial charge on any atom is -0.369 e. The van der Waals surface area contributed by atoms with Crippen LogP contribution in [0.5, 0.6) is 0 Å². The largest absolute Gasteiger partial charge is 0.417 e. The molecule has 0 aliphatic carbocycles. The molecule has 2 aromatic rings. The Hall–Kier alpha value is -2.26. The second-order valence-corrected chi connectivity index (χ2v) is 5.02. The van der Waals surface area contributed by atoms with Crippen LogP contribution < -0.4 is 5.32 Å². The maximum absolute atomic E-state index is 12.8. The number of anilines is 1. The summed E-state index contributed by atoms with van der Waals surface area (Å²) in [5.41, 5.74) is -0.0373. The van der Waals surface area contributed by atoms with Crippen LogP contribution in [-0.4, -0.2) is 16.5 Å². The second-order valence-electron chi connectivity index (χ2n) is 4.66. The minimum absolute atomic E-state index is 0.0266. The summed E-state index contributed by atoms with van der Waals surface area (Å²) in [6.45, 7) is 2.21. The molecule has 0 saturated heterocycles. The fourth-order valence-electron chi connectivity index (χ4n) is 1.85. The maximum Gasteiger partial charge on any atom is 0.417 e. The quantitative estimate of drug-likeness (QED) is 0.514. The molecule has 0 aliphatic heterocycles. The molecule has 0 amide bonds. The number of hydrogen-bond acceptors (Lipinski definition) is 3. The Morgan fingerprint density at radius 1 is 1.22 bits per heavy atom. The van der Waals surface area contributed by atoms with Crippen molar-refractivity contribution in [2.75, 3.05) is 11.9 Å². The summed E-state index contributed by atoms with van der Waals surface area (Å²) in [6, 6.07) is 5.26. The highest BCUT2D eigenvalue weighted by molar-refractivity contribution is 6.30. The predicted molar refractivity (Wildman–Crippen MR) is 83.2 cm³/mol. The summed E-state index contributed by atoms with van der Waals surface area (Å²) in [5, 5.41) is 3.38. The Morgan fingerprint density at radius 2 is 1.96 bits per heavy atom. The fourth-order valence-corrected chi connectivity index (χ4v) is 1.98. The van der Waals surface area contributed by atoms with E-state index in [1.807, 2.05) is 0 Å². The first kappa shape index (κ1) is 17.1. The zero-order chi connectivity index (χ0) is 16.9. The van der Waals surface area contributed by atoms with Gasteiger partial charge >= 0.3 is 6.18 Å². The van der Waals surface area contributed by atoms with Gasteiger partial charge in [0.15, 0.2) is 0 Å². The number of nitrogens with zero attached hydrogens (tertiary/aromatic N) is 2. The molecule has 0 radical (unpaired) electrons. The molecule has 1 heterocycles. The van der Waals surface area contributed by atoms with Gasteiger partial charge in [-0.15, -0.1) is 0 Å². The highest BCUT2D eigenvalue weighted by Crippen LogP contribution is 2.31. The van der Waals surface area contributed by atoms with Crippen LogP contribution in [-0.2, 0) is 6.18 Å². The number of benzene rings is 1. The third-order valence-electron chi connectivity index (χ3n) is 3.02. The van der Waals surface area contributed by atoms with Gasteiger partial charge in [0.1, 0.15) is 17.3 Å². The number of alkyl halides is 3. The average Bonchev–Trinajstić information content (AvgIpc) is 2.50. The average molecular weight is 340 g/mol. The molecule has 0 bridgehead atoms. The molecule has 0 atom stereocenters. The second kappa shape index (κ2) is 7.34. The highest BCUT2D eigenvalue weighted by Gasteiger charge is 2.32. The molecule has 120 valence electrons. The molecule has 3 nitrogen and oxygen atoms in total. The summed E-state index contributed by atoms with van der Waals surface area (Å²) in [5.74, 6) is 5.88. The van der Waals surface area contributed by atoms with E-state index in [0.29, 0.717) is 29.5 Å². The molecular weight excluding hydrogens is 327 g/mol. The summed E-state index contributed by atoms with van der Waals surface area (Å²) in [6.07, 6.45) is -2.70. The molecule has 0 aliphatic rings. The van der Waals surface area contributed by atoms with Crippen molar-refractivity contribution < 1.29 is 13.2 Å². The van der Waals surface area contributed by atoms with Gasteiger partial charge < -0.3 is 5.32 Å². The fraction of sp³-hybridized carbons (Fsp3) is 0.250. The van der Waals surface area contributed by atoms with Gasteiger partial charge in [0.2, 0.25) is 0 Å². The maximum atomic E-state index is 12.8. The van der Waals surface area contributed by atoms with E-state index in [4.69, 9.17) is 11.6 Å². The number of aromatic nitrogens is 2. The molecule has 0 saturated carbocycles. The van der Waals surface area contributed by atoms with Crippen molar-refractivity contribution in [2.24, 2.45) is 0 Å². The lowest BCUT2D eigenvalue weighted by Crippen LogP contribution is -2.07. The Balaban J connectivity index is 1.99. The van der Waals surface area contributed by atoms with Crippen LogP contribution in [0.25, 0.3) is 0 Å². The zero-order valence-corrected chi connectivity index (χ0v) is 13.0. The molecule has 2 rings (SSSR count). The Labute approximate surface area is 136 Å². The van der Waals surface area contributed by atoms with Crippen LogP contribution in [0, 0.1) is 18.8 Å². The molecule has 7 heteroatoms. The van der Waals surface area contributed by atoms with Crippen LogP contribution in [0.15, 0.2) is 30.6 Å². The van der Waals surface area contributed by atoms with Crippen molar-refractivity contribution in [3.05, 3.63) is 52.4 Å². The lowest BCUT2D eigenvalue weighted by molar-refractivity contribution is -0.137. The van der Waals surface area contributed by atoms with Crippen molar-refractivity contribution in [3.63, 3.8) is 0 Å². The van der Waals surface area contributed by atoms with Gasteiger partial charge in [-0.05, 0) is 19.1 Å². The summed E-state index contributed by atoms with van der Waals surface area (Å²) < 4.78 is 38.5. The van der Waals surface area contributed by atoms with Crippen molar-refractivity contribution in [1.82, 2.24) is 9.97 Å². The van der Waals surface area contributed by atoms with Crippen molar-refractivity contribution in [1.29, 1.82) is 0 Å². The van der Waals surface area contributed by atoms with Gasteiger partial charge in [0, 0.05) is 24.1 Å². The molecule has 23 heavy (non-hydrogen) atoms. The third kappa shape index (κ3) is 4.60. The van der Waals surface area contributed by atoms with E-state index < -0.39 is 11.7 Å². The predicted octanol–water partition coefficient (Wildman–Crippen LogP) is 4.31. The van der Waals surface area contributed by atoms with Gasteiger partial charge in [-0.1, -0.05) is 35.6 Å². The van der Waals surface area contributed by atoms with Gasteiger partial charge in [-0.3, -0.25) is 0 Å². The lowest BCUT2D eigenvalue weighted by atomic mass is 10.1. The monoisotopic (exact) mass is 339 g/mol. The van der Waals surface area contributed by atoms with Gasteiger partial charge in [-0.2, -0.15) is 13.2 Å². The van der Waals surface area contributed by atoms with E-state index in [9.17, 15) is 13.2 Å². The number of rotatable bonds is 3. The smallest absolute Gasteiger partial charge is 0.369 e. The van der Waals surface area contributed by atoms with Crippen LogP contribution >= 0.6 is 11.6 Å². The van der Waals surface area contributed by atoms with Crippen molar-refractivity contribution in [2.45, 2.75) is 19.5 Å². The van der Waals surface area contributed by atoms with E-state index in [1.54, 1.807) is 6.92 Å². The normalized spacial score (nSPS) is 10.8. The summed E-state index contributed by atoms with van der Waals surface area (Å²) >= 11 is 5.87. The van der Waals surface area contributed by atoms with Crippen LogP contribution in [0.4, 0.5) is 19.0 Å². The summed E-state index contributed by atoms with van der Waals surface area (Å²) in [7, 11) is 0. The van der Waals surface area contributed by atoms with E-state index in [1.165, 1.54) is 24.5 Å². The van der Waals surface area contributed by atoms with Gasteiger partial charge in [0.25, 0.3) is 0 Å². The standard InChI is InChI=1S/C16H13ClF3N3/c1-11-14(17)22-10-23-15(11)21-9-5-4-7-12-6-2-3-8-13(12)16(18,19)20/h2-3,6,8,10H,5,9H2,1H3,(H,21,22,23). The molecule has 0 unspecified atom stereocenters. The van der Waals surface area contributed by atoms with Crippen LogP contribution in [0.3, 0.4) is 0 Å².